The van der Waals surface area contributed by atoms with E-state index in [1.807, 2.05) is 26.0 Å². The highest BCUT2D eigenvalue weighted by Crippen LogP contribution is 2.16. The zero-order chi connectivity index (χ0) is 18.4. The van der Waals surface area contributed by atoms with Crippen LogP contribution in [0.4, 0.5) is 0 Å². The van der Waals surface area contributed by atoms with E-state index in [-0.39, 0.29) is 24.0 Å². The van der Waals surface area contributed by atoms with Gasteiger partial charge < -0.3 is 10.2 Å². The molecule has 1 aliphatic heterocycles. The Hall–Kier alpha value is -0.870. The molecule has 0 amide bonds. The van der Waals surface area contributed by atoms with E-state index in [0.29, 0.717) is 23.9 Å². The molecule has 8 heteroatoms. The number of hydrogen-bond acceptors (Lipinski definition) is 3. The van der Waals surface area contributed by atoms with Crippen LogP contribution in [0.1, 0.15) is 30.9 Å². The second-order valence-corrected chi connectivity index (χ2v) is 8.57. The molecule has 0 bridgehead atoms. The molecule has 148 valence electrons. The van der Waals surface area contributed by atoms with Crippen molar-refractivity contribution in [3.8, 4) is 0 Å². The van der Waals surface area contributed by atoms with Crippen molar-refractivity contribution in [2.75, 3.05) is 33.2 Å². The first-order valence-corrected chi connectivity index (χ1v) is 10.3. The van der Waals surface area contributed by atoms with Gasteiger partial charge in [0.15, 0.2) is 5.96 Å². The van der Waals surface area contributed by atoms with Crippen LogP contribution < -0.4 is 10.0 Å². The molecule has 1 aliphatic rings. The number of guanidine groups is 1. The third kappa shape index (κ3) is 6.38. The smallest absolute Gasteiger partial charge is 0.240 e. The van der Waals surface area contributed by atoms with Gasteiger partial charge in [-0.15, -0.1) is 24.0 Å². The van der Waals surface area contributed by atoms with Crippen molar-refractivity contribution < 1.29 is 8.42 Å². The summed E-state index contributed by atoms with van der Waals surface area (Å²) in [5.41, 5.74) is 1.69. The second-order valence-electron chi connectivity index (χ2n) is 6.83. The van der Waals surface area contributed by atoms with Crippen molar-refractivity contribution in [3.63, 3.8) is 0 Å². The molecule has 1 unspecified atom stereocenters. The van der Waals surface area contributed by atoms with Crippen LogP contribution in [0.5, 0.6) is 0 Å². The van der Waals surface area contributed by atoms with Gasteiger partial charge in [0.2, 0.25) is 10.0 Å². The van der Waals surface area contributed by atoms with Crippen molar-refractivity contribution >= 4 is 40.0 Å². The van der Waals surface area contributed by atoms with Gasteiger partial charge in [0.05, 0.1) is 4.90 Å². The number of benzene rings is 1. The lowest BCUT2D eigenvalue weighted by atomic mass is 10.0. The normalized spacial score (nSPS) is 18.4. The number of sulfonamides is 1. The number of rotatable bonds is 5. The first-order valence-electron chi connectivity index (χ1n) is 8.86. The highest BCUT2D eigenvalue weighted by Gasteiger charge is 2.20. The van der Waals surface area contributed by atoms with Crippen molar-refractivity contribution in [2.24, 2.45) is 10.9 Å². The molecule has 1 aromatic carbocycles. The van der Waals surface area contributed by atoms with Gasteiger partial charge in [-0.25, -0.2) is 13.1 Å². The van der Waals surface area contributed by atoms with E-state index in [4.69, 9.17) is 0 Å². The molecular formula is C18H31IN4O2S. The van der Waals surface area contributed by atoms with Crippen LogP contribution in [0, 0.1) is 19.8 Å². The van der Waals surface area contributed by atoms with E-state index < -0.39 is 10.0 Å². The third-order valence-corrected chi connectivity index (χ3v) is 6.10. The fourth-order valence-electron chi connectivity index (χ4n) is 3.15. The molecule has 2 N–H and O–H groups in total. The fraction of sp³-hybridized carbons (Fsp3) is 0.611. The number of nitrogens with zero attached hydrogens (tertiary/aromatic N) is 2. The van der Waals surface area contributed by atoms with E-state index >= 15 is 0 Å². The zero-order valence-electron chi connectivity index (χ0n) is 16.1. The first kappa shape index (κ1) is 23.2. The van der Waals surface area contributed by atoms with Crippen molar-refractivity contribution in [3.05, 3.63) is 29.3 Å². The van der Waals surface area contributed by atoms with E-state index in [9.17, 15) is 8.42 Å². The van der Waals surface area contributed by atoms with Gasteiger partial charge in [0, 0.05) is 33.2 Å². The SMILES string of the molecule is CN=C(NCCNS(=O)(=O)c1cc(C)ccc1C)N1CCCC(C)C1.I. The van der Waals surface area contributed by atoms with Gasteiger partial charge >= 0.3 is 0 Å². The maximum absolute atomic E-state index is 12.5. The minimum Gasteiger partial charge on any atom is -0.355 e. The topological polar surface area (TPSA) is 73.8 Å². The molecule has 0 saturated carbocycles. The quantitative estimate of drug-likeness (QED) is 0.286. The lowest BCUT2D eigenvalue weighted by Crippen LogP contribution is -2.47. The van der Waals surface area contributed by atoms with Crippen LogP contribution >= 0.6 is 24.0 Å². The Bertz CT molecular complexity index is 722. The van der Waals surface area contributed by atoms with Crippen molar-refractivity contribution in [2.45, 2.75) is 38.5 Å². The van der Waals surface area contributed by atoms with Crippen molar-refractivity contribution in [1.29, 1.82) is 0 Å². The highest BCUT2D eigenvalue weighted by atomic mass is 127. The number of nitrogens with one attached hydrogen (secondary N) is 2. The van der Waals surface area contributed by atoms with E-state index in [1.54, 1.807) is 13.1 Å². The minimum absolute atomic E-state index is 0. The Morgan fingerprint density at radius 3 is 2.69 bits per heavy atom. The molecule has 1 saturated heterocycles. The predicted octanol–water partition coefficient (Wildman–Crippen LogP) is 2.51. The lowest BCUT2D eigenvalue weighted by Gasteiger charge is -2.33. The average Bonchev–Trinajstić information content (AvgIpc) is 2.57. The molecular weight excluding hydrogens is 463 g/mol. The van der Waals surface area contributed by atoms with Crippen LogP contribution in [0.2, 0.25) is 0 Å². The van der Waals surface area contributed by atoms with Crippen LogP contribution in [-0.4, -0.2) is 52.5 Å². The summed E-state index contributed by atoms with van der Waals surface area (Å²) in [4.78, 5) is 6.91. The highest BCUT2D eigenvalue weighted by molar-refractivity contribution is 14.0. The lowest BCUT2D eigenvalue weighted by molar-refractivity contribution is 0.266. The third-order valence-electron chi connectivity index (χ3n) is 4.50. The van der Waals surface area contributed by atoms with Gasteiger partial charge in [0.1, 0.15) is 0 Å². The molecule has 1 atom stereocenters. The zero-order valence-corrected chi connectivity index (χ0v) is 19.2. The van der Waals surface area contributed by atoms with Gasteiger partial charge in [-0.3, -0.25) is 4.99 Å². The fourth-order valence-corrected chi connectivity index (χ4v) is 4.51. The second kappa shape index (κ2) is 10.5. The molecule has 6 nitrogen and oxygen atoms in total. The molecule has 0 radical (unpaired) electrons. The van der Waals surface area contributed by atoms with Gasteiger partial charge in [-0.05, 0) is 49.8 Å². The number of aryl methyl sites for hydroxylation is 2. The summed E-state index contributed by atoms with van der Waals surface area (Å²) >= 11 is 0. The molecule has 0 aliphatic carbocycles. The summed E-state index contributed by atoms with van der Waals surface area (Å²) in [6.07, 6.45) is 2.42. The average molecular weight is 494 g/mol. The summed E-state index contributed by atoms with van der Waals surface area (Å²) in [6.45, 7) is 8.76. The standard InChI is InChI=1S/C18H30N4O2S.HI/c1-14-7-8-16(3)17(12-14)25(23,24)21-10-9-20-18(19-4)22-11-5-6-15(2)13-22;/h7-8,12,15,21H,5-6,9-11,13H2,1-4H3,(H,19,20);1H. The Morgan fingerprint density at radius 1 is 1.31 bits per heavy atom. The molecule has 1 aromatic rings. The summed E-state index contributed by atoms with van der Waals surface area (Å²) in [5.74, 6) is 1.51. The summed E-state index contributed by atoms with van der Waals surface area (Å²) in [5, 5.41) is 3.26. The first-order chi connectivity index (χ1) is 11.8. The maximum Gasteiger partial charge on any atom is 0.240 e. The monoisotopic (exact) mass is 494 g/mol. The Morgan fingerprint density at radius 2 is 2.04 bits per heavy atom. The minimum atomic E-state index is -3.50. The van der Waals surface area contributed by atoms with Crippen LogP contribution in [-0.2, 0) is 10.0 Å². The van der Waals surface area contributed by atoms with Crippen LogP contribution in [0.15, 0.2) is 28.1 Å². The maximum atomic E-state index is 12.5. The Balaban J connectivity index is 0.00000338. The molecule has 0 spiro atoms. The summed E-state index contributed by atoms with van der Waals surface area (Å²) in [6, 6.07) is 5.46. The van der Waals surface area contributed by atoms with Crippen LogP contribution in [0.25, 0.3) is 0 Å². The summed E-state index contributed by atoms with van der Waals surface area (Å²) < 4.78 is 27.6. The summed E-state index contributed by atoms with van der Waals surface area (Å²) in [7, 11) is -1.73. The number of halogens is 1. The molecule has 1 fully saturated rings. The molecule has 2 rings (SSSR count). The largest absolute Gasteiger partial charge is 0.355 e. The number of aliphatic imine (C=N–C) groups is 1. The van der Waals surface area contributed by atoms with E-state index in [2.05, 4.69) is 26.9 Å². The number of likely N-dealkylation sites (tertiary alicyclic amines) is 1. The Kier molecular flexibility index (Phi) is 9.32. The number of hydrogen-bond donors (Lipinski definition) is 2. The predicted molar refractivity (Wildman–Crippen MR) is 118 cm³/mol. The molecule has 1 heterocycles. The van der Waals surface area contributed by atoms with Gasteiger partial charge in [-0.1, -0.05) is 19.1 Å². The Labute approximate surface area is 174 Å². The van der Waals surface area contributed by atoms with Gasteiger partial charge in [0.25, 0.3) is 0 Å². The van der Waals surface area contributed by atoms with E-state index in [1.165, 1.54) is 12.8 Å². The van der Waals surface area contributed by atoms with E-state index in [0.717, 1.165) is 30.2 Å². The van der Waals surface area contributed by atoms with Crippen molar-refractivity contribution in [1.82, 2.24) is 14.9 Å². The molecule has 0 aromatic heterocycles. The van der Waals surface area contributed by atoms with Crippen LogP contribution in [0.3, 0.4) is 0 Å². The van der Waals surface area contributed by atoms with Gasteiger partial charge in [-0.2, -0.15) is 0 Å². The number of piperidine rings is 1. The molecule has 26 heavy (non-hydrogen) atoms.